The van der Waals surface area contributed by atoms with Crippen molar-refractivity contribution in [2.24, 2.45) is 0 Å². The molecule has 0 aliphatic heterocycles. The minimum absolute atomic E-state index is 0.104. The summed E-state index contributed by atoms with van der Waals surface area (Å²) in [6.45, 7) is 6.16. The van der Waals surface area contributed by atoms with E-state index in [-0.39, 0.29) is 24.8 Å². The van der Waals surface area contributed by atoms with Gasteiger partial charge in [0.15, 0.2) is 0 Å². The molecule has 0 saturated carbocycles. The van der Waals surface area contributed by atoms with E-state index in [0.29, 0.717) is 22.5 Å². The molecule has 1 aromatic heterocycles. The maximum absolute atomic E-state index is 12.1. The van der Waals surface area contributed by atoms with E-state index in [1.54, 1.807) is 18.2 Å². The molecule has 0 atom stereocenters. The number of nitrogens with one attached hydrogen (secondary N) is 2. The first-order valence-corrected chi connectivity index (χ1v) is 11.5. The van der Waals surface area contributed by atoms with Gasteiger partial charge in [-0.1, -0.05) is 32.0 Å². The lowest BCUT2D eigenvalue weighted by Crippen LogP contribution is -2.26. The highest BCUT2D eigenvalue weighted by Crippen LogP contribution is 2.26. The fraction of sp³-hybridized carbons (Fsp3) is 0.308. The van der Waals surface area contributed by atoms with Crippen LogP contribution in [0.1, 0.15) is 48.3 Å². The zero-order valence-electron chi connectivity index (χ0n) is 19.7. The number of aliphatic hydroxyl groups is 1. The summed E-state index contributed by atoms with van der Waals surface area (Å²) in [6, 6.07) is 14.6. The summed E-state index contributed by atoms with van der Waals surface area (Å²) in [6.07, 6.45) is 3.51. The predicted molar refractivity (Wildman–Crippen MR) is 136 cm³/mol. The summed E-state index contributed by atoms with van der Waals surface area (Å²) in [5.41, 5.74) is 10.4. The van der Waals surface area contributed by atoms with Crippen molar-refractivity contribution in [3.63, 3.8) is 0 Å². The van der Waals surface area contributed by atoms with Gasteiger partial charge < -0.3 is 21.1 Å². The van der Waals surface area contributed by atoms with Crippen molar-refractivity contribution in [3.05, 3.63) is 71.7 Å². The van der Waals surface area contributed by atoms with Gasteiger partial charge in [0.2, 0.25) is 0 Å². The second-order valence-corrected chi connectivity index (χ2v) is 7.98. The number of aromatic nitrogens is 2. The predicted octanol–water partition coefficient (Wildman–Crippen LogP) is 3.49. The van der Waals surface area contributed by atoms with E-state index in [2.05, 4.69) is 34.0 Å². The summed E-state index contributed by atoms with van der Waals surface area (Å²) in [7, 11) is 0. The highest BCUT2D eigenvalue weighted by Gasteiger charge is 2.15. The number of benzene rings is 2. The van der Waals surface area contributed by atoms with Gasteiger partial charge in [-0.3, -0.25) is 10.2 Å². The summed E-state index contributed by atoms with van der Waals surface area (Å²) in [5, 5.41) is 20.3. The lowest BCUT2D eigenvalue weighted by atomic mass is 9.97. The Hall–Kier alpha value is -3.78. The fourth-order valence-electron chi connectivity index (χ4n) is 3.71. The number of carbonyl (C=O) groups excluding carboxylic acids is 1. The van der Waals surface area contributed by atoms with Crippen molar-refractivity contribution in [1.29, 1.82) is 5.41 Å². The van der Waals surface area contributed by atoms with Crippen LogP contribution >= 0.6 is 0 Å². The molecule has 0 fully saturated rings. The molecular formula is C26H32N6O2. The Morgan fingerprint density at radius 3 is 2.35 bits per heavy atom. The minimum atomic E-state index is -0.236. The summed E-state index contributed by atoms with van der Waals surface area (Å²) >= 11 is 0. The molecule has 0 spiro atoms. The maximum atomic E-state index is 12.1. The lowest BCUT2D eigenvalue weighted by molar-refractivity contribution is 0.0945. The molecule has 2 aromatic carbocycles. The summed E-state index contributed by atoms with van der Waals surface area (Å²) in [4.78, 5) is 23.0. The first-order chi connectivity index (χ1) is 16.5. The highest BCUT2D eigenvalue weighted by atomic mass is 16.3. The number of nitrogens with two attached hydrogens (primary N) is 1. The Morgan fingerprint density at radius 2 is 1.71 bits per heavy atom. The van der Waals surface area contributed by atoms with Gasteiger partial charge in [-0.25, -0.2) is 9.97 Å². The topological polar surface area (TPSA) is 128 Å². The van der Waals surface area contributed by atoms with E-state index >= 15 is 0 Å². The smallest absolute Gasteiger partial charge is 0.251 e. The second kappa shape index (κ2) is 11.9. The number of hydrogen-bond acceptors (Lipinski definition) is 7. The molecule has 3 rings (SSSR count). The van der Waals surface area contributed by atoms with Crippen LogP contribution in [0.2, 0.25) is 0 Å². The van der Waals surface area contributed by atoms with E-state index in [0.717, 1.165) is 42.9 Å². The molecule has 34 heavy (non-hydrogen) atoms. The number of aliphatic hydroxyl groups excluding tert-OH is 1. The molecule has 5 N–H and O–H groups in total. The minimum Gasteiger partial charge on any atom is -0.398 e. The largest absolute Gasteiger partial charge is 0.398 e. The van der Waals surface area contributed by atoms with E-state index in [4.69, 9.17) is 16.2 Å². The third kappa shape index (κ3) is 5.96. The lowest BCUT2D eigenvalue weighted by Gasteiger charge is -2.22. The Labute approximate surface area is 200 Å². The van der Waals surface area contributed by atoms with Crippen LogP contribution in [-0.2, 0) is 0 Å². The van der Waals surface area contributed by atoms with Crippen molar-refractivity contribution in [3.8, 4) is 11.1 Å². The first-order valence-electron chi connectivity index (χ1n) is 11.5. The van der Waals surface area contributed by atoms with Crippen LogP contribution in [0.15, 0.2) is 54.9 Å². The van der Waals surface area contributed by atoms with Gasteiger partial charge in [0, 0.05) is 42.5 Å². The molecule has 0 unspecified atom stereocenters. The van der Waals surface area contributed by atoms with Crippen LogP contribution in [-0.4, -0.2) is 52.9 Å². The average molecular weight is 461 g/mol. The fourth-order valence-corrected chi connectivity index (χ4v) is 3.71. The van der Waals surface area contributed by atoms with Gasteiger partial charge in [0.25, 0.3) is 5.91 Å². The number of anilines is 2. The molecule has 1 amide bonds. The molecule has 8 heteroatoms. The molecule has 0 saturated heterocycles. The van der Waals surface area contributed by atoms with Crippen molar-refractivity contribution in [2.45, 2.75) is 26.7 Å². The van der Waals surface area contributed by atoms with Crippen molar-refractivity contribution < 1.29 is 9.90 Å². The quantitative estimate of drug-likeness (QED) is 0.256. The highest BCUT2D eigenvalue weighted by molar-refractivity contribution is 6.13. The summed E-state index contributed by atoms with van der Waals surface area (Å²) in [5.74, 6) is 0.573. The van der Waals surface area contributed by atoms with Crippen molar-refractivity contribution in [2.75, 3.05) is 36.9 Å². The normalized spacial score (nSPS) is 10.7. The number of nitrogens with zero attached hydrogens (tertiary/aromatic N) is 3. The summed E-state index contributed by atoms with van der Waals surface area (Å²) < 4.78 is 0. The van der Waals surface area contributed by atoms with Crippen LogP contribution in [0.3, 0.4) is 0 Å². The average Bonchev–Trinajstić information content (AvgIpc) is 2.87. The van der Waals surface area contributed by atoms with Crippen LogP contribution < -0.4 is 16.0 Å². The molecule has 8 nitrogen and oxygen atoms in total. The van der Waals surface area contributed by atoms with Crippen molar-refractivity contribution >= 4 is 23.1 Å². The molecule has 0 radical (unpaired) electrons. The number of nitrogen functional groups attached to an aromatic ring is 1. The zero-order valence-corrected chi connectivity index (χ0v) is 19.7. The monoisotopic (exact) mass is 460 g/mol. The maximum Gasteiger partial charge on any atom is 0.251 e. The Bertz CT molecular complexity index is 1120. The van der Waals surface area contributed by atoms with Crippen LogP contribution in [0.25, 0.3) is 11.1 Å². The van der Waals surface area contributed by atoms with Crippen LogP contribution in [0.5, 0.6) is 0 Å². The number of amides is 1. The second-order valence-electron chi connectivity index (χ2n) is 7.98. The van der Waals surface area contributed by atoms with E-state index in [9.17, 15) is 4.79 Å². The van der Waals surface area contributed by atoms with Crippen molar-refractivity contribution in [1.82, 2.24) is 15.3 Å². The van der Waals surface area contributed by atoms with Gasteiger partial charge in [0.05, 0.1) is 18.0 Å². The van der Waals surface area contributed by atoms with Gasteiger partial charge in [0.1, 0.15) is 12.1 Å². The van der Waals surface area contributed by atoms with E-state index in [1.165, 1.54) is 6.33 Å². The molecule has 0 aliphatic carbocycles. The Morgan fingerprint density at radius 1 is 1.03 bits per heavy atom. The molecule has 1 heterocycles. The molecular weight excluding hydrogens is 428 g/mol. The molecule has 178 valence electrons. The van der Waals surface area contributed by atoms with Gasteiger partial charge in [-0.15, -0.1) is 0 Å². The van der Waals surface area contributed by atoms with E-state index in [1.807, 2.05) is 30.3 Å². The Balaban J connectivity index is 1.87. The number of carbonyl (C=O) groups is 1. The zero-order chi connectivity index (χ0) is 24.5. The van der Waals surface area contributed by atoms with Crippen LogP contribution in [0.4, 0.5) is 11.5 Å². The molecule has 3 aromatic rings. The first kappa shape index (κ1) is 24.9. The van der Waals surface area contributed by atoms with Gasteiger partial charge >= 0.3 is 0 Å². The van der Waals surface area contributed by atoms with Gasteiger partial charge in [-0.05, 0) is 48.2 Å². The Kier molecular flexibility index (Phi) is 8.70. The third-order valence-electron chi connectivity index (χ3n) is 5.42. The molecule has 0 aliphatic rings. The van der Waals surface area contributed by atoms with Gasteiger partial charge in [-0.2, -0.15) is 0 Å². The van der Waals surface area contributed by atoms with Crippen LogP contribution in [0, 0.1) is 5.41 Å². The SMILES string of the molecule is CCCN(CCC)c1cc(C(=N)c2cc(-c3ccc(C(=O)NCCO)cc3)ccc2N)ncn1. The van der Waals surface area contributed by atoms with E-state index < -0.39 is 0 Å². The number of hydrogen-bond donors (Lipinski definition) is 4. The standard InChI is InChI=1S/C26H32N6O2/c1-3-12-32(13-4-2)24-16-23(30-17-31-24)25(28)21-15-20(9-10-22(21)27)18-5-7-19(8-6-18)26(34)29-11-14-33/h5-10,15-17,28,33H,3-4,11-14,27H2,1-2H3,(H,29,34). The number of rotatable bonds is 11. The third-order valence-corrected chi connectivity index (χ3v) is 5.42. The molecule has 0 bridgehead atoms.